The van der Waals surface area contributed by atoms with E-state index in [4.69, 9.17) is 10.5 Å². The Kier molecular flexibility index (Phi) is 3.69. The van der Waals surface area contributed by atoms with E-state index in [1.54, 1.807) is 7.11 Å². The fourth-order valence-corrected chi connectivity index (χ4v) is 4.10. The summed E-state index contributed by atoms with van der Waals surface area (Å²) in [5, 5.41) is 10.7. The summed E-state index contributed by atoms with van der Waals surface area (Å²) in [5.41, 5.74) is 7.91. The van der Waals surface area contributed by atoms with Crippen molar-refractivity contribution in [2.45, 2.75) is 70.0 Å². The second-order valence-electron chi connectivity index (χ2n) is 8.24. The first kappa shape index (κ1) is 16.6. The van der Waals surface area contributed by atoms with Crippen molar-refractivity contribution in [3.63, 3.8) is 0 Å². The number of hydrogen-bond donors (Lipinski definition) is 2. The molecule has 128 valence electrons. The van der Waals surface area contributed by atoms with Crippen LogP contribution in [0.5, 0.6) is 11.5 Å². The molecule has 4 atom stereocenters. The summed E-state index contributed by atoms with van der Waals surface area (Å²) in [6.45, 7) is 11.9. The molecule has 1 aromatic carbocycles. The molecule has 4 nitrogen and oxygen atoms in total. The molecule has 0 saturated carbocycles. The van der Waals surface area contributed by atoms with Crippen LogP contribution in [-0.2, 0) is 10.8 Å². The minimum Gasteiger partial charge on any atom is -0.508 e. The summed E-state index contributed by atoms with van der Waals surface area (Å²) in [7, 11) is 1.70. The van der Waals surface area contributed by atoms with Crippen molar-refractivity contribution in [3.05, 3.63) is 23.3 Å². The van der Waals surface area contributed by atoms with Crippen LogP contribution < -0.4 is 10.5 Å². The smallest absolute Gasteiger partial charge is 0.123 e. The number of rotatable bonds is 6. The zero-order chi connectivity index (χ0) is 17.2. The van der Waals surface area contributed by atoms with Gasteiger partial charge < -0.3 is 15.6 Å². The van der Waals surface area contributed by atoms with Gasteiger partial charge in [0.1, 0.15) is 11.5 Å². The highest BCUT2D eigenvalue weighted by molar-refractivity contribution is 5.53. The molecular weight excluding hydrogens is 288 g/mol. The molecule has 2 aliphatic heterocycles. The van der Waals surface area contributed by atoms with Crippen LogP contribution in [0.15, 0.2) is 12.1 Å². The van der Waals surface area contributed by atoms with Crippen molar-refractivity contribution >= 4 is 0 Å². The molecule has 0 amide bonds. The van der Waals surface area contributed by atoms with Gasteiger partial charge in [0.05, 0.1) is 7.11 Å². The molecular formula is C19H30N2O2. The van der Waals surface area contributed by atoms with E-state index in [1.165, 1.54) is 6.54 Å². The van der Waals surface area contributed by atoms with E-state index in [-0.39, 0.29) is 16.9 Å². The van der Waals surface area contributed by atoms with Crippen molar-refractivity contribution in [2.75, 3.05) is 13.7 Å². The van der Waals surface area contributed by atoms with Gasteiger partial charge in [-0.05, 0) is 18.6 Å². The molecule has 0 spiro atoms. The topological polar surface area (TPSA) is 58.5 Å². The molecule has 4 unspecified atom stereocenters. The quantitative estimate of drug-likeness (QED) is 0.792. The summed E-state index contributed by atoms with van der Waals surface area (Å²) in [4.78, 5) is 2.47. The maximum absolute atomic E-state index is 10.7. The van der Waals surface area contributed by atoms with Gasteiger partial charge in [-0.1, -0.05) is 34.6 Å². The van der Waals surface area contributed by atoms with Crippen molar-refractivity contribution in [3.8, 4) is 11.5 Å². The fourth-order valence-electron chi connectivity index (χ4n) is 4.10. The summed E-state index contributed by atoms with van der Waals surface area (Å²) in [5.74, 6) is 1.18. The minimum absolute atomic E-state index is 0.0147. The zero-order valence-electron chi connectivity index (χ0n) is 15.2. The Morgan fingerprint density at radius 1 is 1.30 bits per heavy atom. The van der Waals surface area contributed by atoms with Crippen LogP contribution in [0, 0.1) is 0 Å². The zero-order valence-corrected chi connectivity index (χ0v) is 15.2. The number of phenols is 1. The van der Waals surface area contributed by atoms with Crippen LogP contribution in [0.1, 0.15) is 52.2 Å². The van der Waals surface area contributed by atoms with E-state index in [0.717, 1.165) is 29.3 Å². The van der Waals surface area contributed by atoms with Crippen LogP contribution in [-0.4, -0.2) is 41.8 Å². The first-order valence-corrected chi connectivity index (χ1v) is 8.59. The second-order valence-corrected chi connectivity index (χ2v) is 8.24. The number of nitrogens with zero attached hydrogens (tertiary/aromatic N) is 1. The number of phenolic OH excluding ortho intramolecular Hbond substituents is 1. The van der Waals surface area contributed by atoms with Crippen LogP contribution in [0.25, 0.3) is 0 Å². The van der Waals surface area contributed by atoms with E-state index in [0.29, 0.717) is 11.8 Å². The number of fused-ring (bicyclic) bond motifs is 1. The maximum atomic E-state index is 10.7. The molecule has 2 heterocycles. The normalized spacial score (nSPS) is 27.3. The molecule has 1 aromatic rings. The van der Waals surface area contributed by atoms with E-state index < -0.39 is 0 Å². The average molecular weight is 318 g/mol. The highest BCUT2D eigenvalue weighted by Gasteiger charge is 2.67. The first-order valence-electron chi connectivity index (χ1n) is 8.59. The lowest BCUT2D eigenvalue weighted by molar-refractivity contribution is 0.348. The number of ether oxygens (including phenoxy) is 1. The minimum atomic E-state index is -0.306. The molecule has 0 aliphatic carbocycles. The van der Waals surface area contributed by atoms with Gasteiger partial charge >= 0.3 is 0 Å². The molecule has 3 N–H and O–H groups in total. The first-order chi connectivity index (χ1) is 10.7. The van der Waals surface area contributed by atoms with E-state index >= 15 is 0 Å². The highest BCUT2D eigenvalue weighted by Crippen LogP contribution is 2.56. The largest absolute Gasteiger partial charge is 0.508 e. The van der Waals surface area contributed by atoms with Crippen LogP contribution >= 0.6 is 0 Å². The summed E-state index contributed by atoms with van der Waals surface area (Å²) < 4.78 is 5.69. The number of methoxy groups -OCH3 is 1. The Balaban J connectivity index is 2.02. The Bertz CT molecular complexity index is 616. The van der Waals surface area contributed by atoms with Crippen molar-refractivity contribution in [1.29, 1.82) is 0 Å². The predicted molar refractivity (Wildman–Crippen MR) is 93.3 cm³/mol. The molecule has 3 rings (SSSR count). The van der Waals surface area contributed by atoms with Gasteiger partial charge in [-0.25, -0.2) is 0 Å². The van der Waals surface area contributed by atoms with Gasteiger partial charge in [-0.3, -0.25) is 4.90 Å². The second kappa shape index (κ2) is 5.12. The lowest BCUT2D eigenvalue weighted by atomic mass is 9.73. The lowest BCUT2D eigenvalue weighted by Gasteiger charge is -2.35. The standard InChI is InChI=1S/C19H30N2O2/c1-7-16(20)18(2,3)11-9-15(23-6)12(8-14(11)22)19(4,5)17-13-10-21(13)17/h8-9,13,16-17,22H,7,10,20H2,1-6H3. The van der Waals surface area contributed by atoms with Crippen molar-refractivity contribution < 1.29 is 9.84 Å². The average Bonchev–Trinajstić information content (AvgIpc) is 3.36. The van der Waals surface area contributed by atoms with Crippen molar-refractivity contribution in [1.82, 2.24) is 4.90 Å². The number of benzene rings is 1. The Hall–Kier alpha value is -1.26. The van der Waals surface area contributed by atoms with Crippen molar-refractivity contribution in [2.24, 2.45) is 5.73 Å². The molecule has 2 aliphatic rings. The molecule has 4 heteroatoms. The number of aromatic hydroxyl groups is 1. The summed E-state index contributed by atoms with van der Waals surface area (Å²) in [6.07, 6.45) is 0.862. The van der Waals surface area contributed by atoms with Gasteiger partial charge in [-0.15, -0.1) is 0 Å². The SMILES string of the molecule is CCC(N)C(C)(C)c1cc(OC)c(C(C)(C)C2C3CN32)cc1O. The third kappa shape index (κ3) is 2.43. The summed E-state index contributed by atoms with van der Waals surface area (Å²) >= 11 is 0. The molecule has 2 fully saturated rings. The third-order valence-corrected chi connectivity index (χ3v) is 6.13. The van der Waals surface area contributed by atoms with Crippen LogP contribution in [0.2, 0.25) is 0 Å². The molecule has 2 saturated heterocycles. The Labute approximate surface area is 139 Å². The number of nitrogens with two attached hydrogens (primary N) is 1. The van der Waals surface area contributed by atoms with Gasteiger partial charge in [0.15, 0.2) is 0 Å². The highest BCUT2D eigenvalue weighted by atomic mass is 16.5. The Morgan fingerprint density at radius 3 is 2.35 bits per heavy atom. The van der Waals surface area contributed by atoms with Gasteiger partial charge in [0, 0.05) is 46.6 Å². The summed E-state index contributed by atoms with van der Waals surface area (Å²) in [6, 6.07) is 5.19. The van der Waals surface area contributed by atoms with E-state index in [2.05, 4.69) is 39.5 Å². The van der Waals surface area contributed by atoms with Gasteiger partial charge in [0.2, 0.25) is 0 Å². The van der Waals surface area contributed by atoms with Crippen LogP contribution in [0.4, 0.5) is 0 Å². The van der Waals surface area contributed by atoms with Gasteiger partial charge in [-0.2, -0.15) is 0 Å². The molecule has 0 aromatic heterocycles. The Morgan fingerprint density at radius 2 is 1.91 bits per heavy atom. The monoisotopic (exact) mass is 318 g/mol. The van der Waals surface area contributed by atoms with Crippen LogP contribution in [0.3, 0.4) is 0 Å². The van der Waals surface area contributed by atoms with Gasteiger partial charge in [0.25, 0.3) is 0 Å². The molecule has 0 radical (unpaired) electrons. The lowest BCUT2D eigenvalue weighted by Crippen LogP contribution is -2.40. The van der Waals surface area contributed by atoms with E-state index in [9.17, 15) is 5.11 Å². The maximum Gasteiger partial charge on any atom is 0.123 e. The predicted octanol–water partition coefficient (Wildman–Crippen LogP) is 2.76. The third-order valence-electron chi connectivity index (χ3n) is 6.13. The number of hydrogen-bond acceptors (Lipinski definition) is 4. The molecule has 0 bridgehead atoms. The fraction of sp³-hybridized carbons (Fsp3) is 0.684. The molecule has 23 heavy (non-hydrogen) atoms. The van der Waals surface area contributed by atoms with E-state index in [1.807, 2.05) is 12.1 Å².